The molecule has 9 heteroatoms. The van der Waals surface area contributed by atoms with E-state index in [-0.39, 0.29) is 17.8 Å². The van der Waals surface area contributed by atoms with E-state index in [0.717, 1.165) is 10.5 Å². The molecule has 2 N–H and O–H groups in total. The highest BCUT2D eigenvalue weighted by Crippen LogP contribution is 2.19. The first kappa shape index (κ1) is 20.7. The third-order valence-electron chi connectivity index (χ3n) is 4.47. The van der Waals surface area contributed by atoms with Gasteiger partial charge in [0.2, 0.25) is 5.91 Å². The molecular weight excluding hydrogens is 388 g/mol. The lowest BCUT2D eigenvalue weighted by molar-refractivity contribution is -0.143. The van der Waals surface area contributed by atoms with E-state index in [1.54, 1.807) is 31.2 Å². The van der Waals surface area contributed by atoms with Gasteiger partial charge in [-0.05, 0) is 43.7 Å². The number of aryl methyl sites for hydroxylation is 1. The third-order valence-corrected chi connectivity index (χ3v) is 4.47. The molecule has 0 unspecified atom stereocenters. The molecule has 154 valence electrons. The highest BCUT2D eigenvalue weighted by Gasteiger charge is 2.44. The normalized spacial score (nSPS) is 13.6. The second-order valence-electron chi connectivity index (χ2n) is 6.64. The maximum Gasteiger partial charge on any atom is 0.334 e. The Kier molecular flexibility index (Phi) is 5.91. The Morgan fingerprint density at radius 1 is 0.900 bits per heavy atom. The van der Waals surface area contributed by atoms with E-state index in [0.29, 0.717) is 10.6 Å². The average molecular weight is 408 g/mol. The van der Waals surface area contributed by atoms with Gasteiger partial charge in [-0.3, -0.25) is 24.1 Å². The summed E-state index contributed by atoms with van der Waals surface area (Å²) in [5.74, 6) is -3.16. The fraction of sp³-hybridized carbons (Fsp3) is 0.190. The molecule has 30 heavy (non-hydrogen) atoms. The Morgan fingerprint density at radius 3 is 2.27 bits per heavy atom. The maximum absolute atomic E-state index is 12.7. The van der Waals surface area contributed by atoms with Crippen molar-refractivity contribution in [3.8, 4) is 0 Å². The highest BCUT2D eigenvalue weighted by molar-refractivity contribution is 6.45. The Bertz CT molecular complexity index is 1050. The molecule has 2 aromatic rings. The zero-order valence-electron chi connectivity index (χ0n) is 16.5. The molecule has 0 aliphatic carbocycles. The van der Waals surface area contributed by atoms with Crippen molar-refractivity contribution in [2.24, 2.45) is 0 Å². The Morgan fingerprint density at radius 2 is 1.60 bits per heavy atom. The van der Waals surface area contributed by atoms with E-state index in [1.807, 2.05) is 19.1 Å². The first-order valence-corrected chi connectivity index (χ1v) is 9.26. The third kappa shape index (κ3) is 4.19. The SMILES string of the molecule is CCN1C(=O)C(=O)N(CC(=O)Nc2ccccc2C(=O)Nc2cccc(C)c2)C1=O. The Labute approximate surface area is 172 Å². The van der Waals surface area contributed by atoms with Crippen LogP contribution in [0.5, 0.6) is 0 Å². The van der Waals surface area contributed by atoms with Crippen LogP contribution in [0, 0.1) is 6.92 Å². The lowest BCUT2D eigenvalue weighted by Crippen LogP contribution is -2.39. The first-order valence-electron chi connectivity index (χ1n) is 9.26. The number of benzene rings is 2. The van der Waals surface area contributed by atoms with Crippen LogP contribution in [0.2, 0.25) is 0 Å². The van der Waals surface area contributed by atoms with E-state index in [4.69, 9.17) is 0 Å². The molecule has 1 heterocycles. The minimum absolute atomic E-state index is 0.0312. The summed E-state index contributed by atoms with van der Waals surface area (Å²) in [7, 11) is 0. The predicted octanol–water partition coefficient (Wildman–Crippen LogP) is 2.00. The zero-order valence-corrected chi connectivity index (χ0v) is 16.5. The number of amides is 6. The van der Waals surface area contributed by atoms with Crippen LogP contribution >= 0.6 is 0 Å². The number of hydrogen-bond acceptors (Lipinski definition) is 5. The number of anilines is 2. The minimum Gasteiger partial charge on any atom is -0.324 e. The number of rotatable bonds is 6. The molecular formula is C21H20N4O5. The van der Waals surface area contributed by atoms with Crippen LogP contribution in [-0.2, 0) is 14.4 Å². The minimum atomic E-state index is -1.05. The molecule has 1 saturated heterocycles. The smallest absolute Gasteiger partial charge is 0.324 e. The monoisotopic (exact) mass is 408 g/mol. The number of likely N-dealkylation sites (N-methyl/N-ethyl adjacent to an activating group) is 1. The summed E-state index contributed by atoms with van der Waals surface area (Å²) in [5.41, 5.74) is 2.00. The van der Waals surface area contributed by atoms with Gasteiger partial charge in [0.05, 0.1) is 11.3 Å². The van der Waals surface area contributed by atoms with Crippen LogP contribution in [0.15, 0.2) is 48.5 Å². The molecule has 1 aliphatic heterocycles. The summed E-state index contributed by atoms with van der Waals surface area (Å²) in [6.07, 6.45) is 0. The number of nitrogens with one attached hydrogen (secondary N) is 2. The summed E-state index contributed by atoms with van der Waals surface area (Å²) in [6, 6.07) is 12.8. The average Bonchev–Trinajstić information content (AvgIpc) is 2.91. The topological polar surface area (TPSA) is 116 Å². The van der Waals surface area contributed by atoms with Gasteiger partial charge in [-0.15, -0.1) is 0 Å². The van der Waals surface area contributed by atoms with Gasteiger partial charge < -0.3 is 10.6 Å². The van der Waals surface area contributed by atoms with Crippen LogP contribution in [0.25, 0.3) is 0 Å². The molecule has 1 fully saturated rings. The summed E-state index contributed by atoms with van der Waals surface area (Å²) in [6.45, 7) is 2.85. The van der Waals surface area contributed by atoms with Crippen molar-refractivity contribution < 1.29 is 24.0 Å². The number of carbonyl (C=O) groups excluding carboxylic acids is 5. The molecule has 3 rings (SSSR count). The second-order valence-corrected chi connectivity index (χ2v) is 6.64. The van der Waals surface area contributed by atoms with Crippen LogP contribution in [0.3, 0.4) is 0 Å². The number of imide groups is 2. The Balaban J connectivity index is 1.72. The molecule has 1 aliphatic rings. The molecule has 9 nitrogen and oxygen atoms in total. The van der Waals surface area contributed by atoms with Crippen LogP contribution in [0.4, 0.5) is 16.2 Å². The molecule has 0 atom stereocenters. The number of nitrogens with zero attached hydrogens (tertiary/aromatic N) is 2. The summed E-state index contributed by atoms with van der Waals surface area (Å²) in [5, 5.41) is 5.29. The molecule has 0 spiro atoms. The number of urea groups is 1. The first-order chi connectivity index (χ1) is 14.3. The molecule has 6 amide bonds. The second kappa shape index (κ2) is 8.56. The molecule has 2 aromatic carbocycles. The van der Waals surface area contributed by atoms with Crippen molar-refractivity contribution in [3.05, 3.63) is 59.7 Å². The largest absolute Gasteiger partial charge is 0.334 e. The Hall–Kier alpha value is -4.01. The lowest BCUT2D eigenvalue weighted by Gasteiger charge is -2.15. The van der Waals surface area contributed by atoms with Crippen molar-refractivity contribution >= 4 is 41.0 Å². The van der Waals surface area contributed by atoms with Crippen molar-refractivity contribution in [2.45, 2.75) is 13.8 Å². The van der Waals surface area contributed by atoms with Crippen molar-refractivity contribution in [1.29, 1.82) is 0 Å². The quantitative estimate of drug-likeness (QED) is 0.560. The van der Waals surface area contributed by atoms with Crippen LogP contribution < -0.4 is 10.6 Å². The van der Waals surface area contributed by atoms with Gasteiger partial charge in [0, 0.05) is 12.2 Å². The molecule has 0 saturated carbocycles. The number of hydrogen-bond donors (Lipinski definition) is 2. The van der Waals surface area contributed by atoms with E-state index < -0.39 is 36.2 Å². The van der Waals surface area contributed by atoms with Gasteiger partial charge in [0.15, 0.2) is 0 Å². The predicted molar refractivity (Wildman–Crippen MR) is 109 cm³/mol. The van der Waals surface area contributed by atoms with E-state index in [1.165, 1.54) is 12.1 Å². The fourth-order valence-corrected chi connectivity index (χ4v) is 3.01. The zero-order chi connectivity index (χ0) is 21.8. The molecule has 0 radical (unpaired) electrons. The van der Waals surface area contributed by atoms with Crippen LogP contribution in [-0.4, -0.2) is 52.5 Å². The lowest BCUT2D eigenvalue weighted by atomic mass is 10.1. The number of para-hydroxylation sites is 1. The van der Waals surface area contributed by atoms with E-state index in [9.17, 15) is 24.0 Å². The standard InChI is InChI=1S/C21H20N4O5/c1-3-24-19(28)20(29)25(21(24)30)12-17(26)23-16-10-5-4-9-15(16)18(27)22-14-8-6-7-13(2)11-14/h4-11H,3,12H2,1-2H3,(H,22,27)(H,23,26). The number of carbonyl (C=O) groups is 5. The van der Waals surface area contributed by atoms with Crippen molar-refractivity contribution in [3.63, 3.8) is 0 Å². The summed E-state index contributed by atoms with van der Waals surface area (Å²) < 4.78 is 0. The van der Waals surface area contributed by atoms with Crippen LogP contribution in [0.1, 0.15) is 22.8 Å². The van der Waals surface area contributed by atoms with Gasteiger partial charge in [-0.1, -0.05) is 24.3 Å². The highest BCUT2D eigenvalue weighted by atomic mass is 16.2. The maximum atomic E-state index is 12.7. The van der Waals surface area contributed by atoms with Crippen molar-refractivity contribution in [2.75, 3.05) is 23.7 Å². The van der Waals surface area contributed by atoms with Crippen molar-refractivity contribution in [1.82, 2.24) is 9.80 Å². The fourth-order valence-electron chi connectivity index (χ4n) is 3.01. The summed E-state index contributed by atoms with van der Waals surface area (Å²) in [4.78, 5) is 62.3. The van der Waals surface area contributed by atoms with E-state index >= 15 is 0 Å². The van der Waals surface area contributed by atoms with Gasteiger partial charge in [-0.2, -0.15) is 0 Å². The summed E-state index contributed by atoms with van der Waals surface area (Å²) >= 11 is 0. The van der Waals surface area contributed by atoms with Gasteiger partial charge in [-0.25, -0.2) is 9.69 Å². The van der Waals surface area contributed by atoms with Gasteiger partial charge in [0.1, 0.15) is 6.54 Å². The van der Waals surface area contributed by atoms with Gasteiger partial charge >= 0.3 is 17.8 Å². The van der Waals surface area contributed by atoms with E-state index in [2.05, 4.69) is 10.6 Å². The molecule has 0 bridgehead atoms. The molecule has 0 aromatic heterocycles. The van der Waals surface area contributed by atoms with Gasteiger partial charge in [0.25, 0.3) is 5.91 Å².